The van der Waals surface area contributed by atoms with Crippen molar-refractivity contribution < 1.29 is 9.90 Å². The Morgan fingerprint density at radius 3 is 2.79 bits per heavy atom. The average Bonchev–Trinajstić information content (AvgIpc) is 3.57. The fraction of sp³-hybridized carbons (Fsp3) is 0.292. The highest BCUT2D eigenvalue weighted by atomic mass is 32.1. The summed E-state index contributed by atoms with van der Waals surface area (Å²) in [5, 5.41) is 22.7. The van der Waals surface area contributed by atoms with Crippen LogP contribution in [0, 0.1) is 11.8 Å². The molecule has 1 fully saturated rings. The predicted molar refractivity (Wildman–Crippen MR) is 130 cm³/mol. The monoisotopic (exact) mass is 460 g/mol. The van der Waals surface area contributed by atoms with E-state index in [0.29, 0.717) is 18.7 Å². The Morgan fingerprint density at radius 1 is 1.18 bits per heavy atom. The highest BCUT2D eigenvalue weighted by Crippen LogP contribution is 2.40. The number of carboxylic acids is 1. The minimum Gasteiger partial charge on any atom is -0.481 e. The molecule has 0 radical (unpaired) electrons. The van der Waals surface area contributed by atoms with Crippen LogP contribution < -0.4 is 11.1 Å². The zero-order valence-electron chi connectivity index (χ0n) is 17.9. The highest BCUT2D eigenvalue weighted by molar-refractivity contribution is 7.13. The summed E-state index contributed by atoms with van der Waals surface area (Å²) < 4.78 is 0. The lowest BCUT2D eigenvalue weighted by Gasteiger charge is -2.35. The van der Waals surface area contributed by atoms with E-state index >= 15 is 0 Å². The number of amidine groups is 1. The fourth-order valence-electron chi connectivity index (χ4n) is 5.24. The molecule has 1 saturated carbocycles. The summed E-state index contributed by atoms with van der Waals surface area (Å²) in [6.45, 7) is 0. The van der Waals surface area contributed by atoms with Gasteiger partial charge in [0.15, 0.2) is 5.84 Å². The number of para-hydroxylation sites is 1. The maximum absolute atomic E-state index is 11.4. The van der Waals surface area contributed by atoms with E-state index in [1.165, 1.54) is 16.8 Å². The number of H-pyrrole nitrogens is 1. The number of nitrogens with one attached hydrogen (secondary N) is 2. The van der Waals surface area contributed by atoms with E-state index in [0.717, 1.165) is 40.8 Å². The molecule has 0 spiro atoms. The van der Waals surface area contributed by atoms with Crippen LogP contribution in [-0.2, 0) is 4.79 Å². The van der Waals surface area contributed by atoms with Crippen LogP contribution in [0.2, 0.25) is 0 Å². The predicted octanol–water partition coefficient (Wildman–Crippen LogP) is 4.00. The van der Waals surface area contributed by atoms with E-state index in [1.54, 1.807) is 11.3 Å². The van der Waals surface area contributed by atoms with E-state index in [9.17, 15) is 9.90 Å². The Morgan fingerprint density at radius 2 is 2.03 bits per heavy atom. The molecule has 6 rings (SSSR count). The summed E-state index contributed by atoms with van der Waals surface area (Å²) in [7, 11) is 0. The Hall–Kier alpha value is -3.59. The molecule has 0 amide bonds. The van der Waals surface area contributed by atoms with E-state index in [1.807, 2.05) is 5.01 Å². The second-order valence-corrected chi connectivity index (χ2v) is 9.73. The molecule has 0 saturated heterocycles. The number of thiophene rings is 1. The van der Waals surface area contributed by atoms with Gasteiger partial charge in [0.25, 0.3) is 0 Å². The molecule has 8 nitrogen and oxygen atoms in total. The second-order valence-electron chi connectivity index (χ2n) is 8.78. The van der Waals surface area contributed by atoms with Gasteiger partial charge in [-0.25, -0.2) is 10.0 Å². The first-order valence-electron chi connectivity index (χ1n) is 11.1. The van der Waals surface area contributed by atoms with E-state index in [-0.39, 0.29) is 18.0 Å². The van der Waals surface area contributed by atoms with Gasteiger partial charge in [0.2, 0.25) is 0 Å². The molecule has 3 aromatic rings. The quantitative estimate of drug-likeness (QED) is 0.469. The van der Waals surface area contributed by atoms with Crippen LogP contribution in [0.4, 0.5) is 0 Å². The van der Waals surface area contributed by atoms with Crippen LogP contribution in [0.25, 0.3) is 27.0 Å². The molecule has 1 atom stereocenters. The molecule has 1 aromatic carbocycles. The number of hydrazone groups is 1. The van der Waals surface area contributed by atoms with Crippen molar-refractivity contribution in [2.45, 2.75) is 31.8 Å². The summed E-state index contributed by atoms with van der Waals surface area (Å²) in [6.07, 6.45) is 4.42. The van der Waals surface area contributed by atoms with Crippen LogP contribution in [0.15, 0.2) is 57.6 Å². The first-order chi connectivity index (χ1) is 16.1. The van der Waals surface area contributed by atoms with Crippen LogP contribution in [-0.4, -0.2) is 39.4 Å². The van der Waals surface area contributed by atoms with Gasteiger partial charge in [-0.3, -0.25) is 4.79 Å². The number of benzene rings is 1. The molecule has 0 bridgehead atoms. The lowest BCUT2D eigenvalue weighted by atomic mass is 9.80. The molecule has 5 N–H and O–H groups in total. The van der Waals surface area contributed by atoms with Crippen LogP contribution in [0.5, 0.6) is 0 Å². The van der Waals surface area contributed by atoms with Crippen molar-refractivity contribution in [1.29, 1.82) is 0 Å². The first-order valence-corrected chi connectivity index (χ1v) is 12.0. The number of nitrogens with zero attached hydrogens (tertiary/aromatic N) is 3. The summed E-state index contributed by atoms with van der Waals surface area (Å²) in [6, 6.07) is 12.6. The normalized spacial score (nSPS) is 24.7. The molecular formula is C24H24N6O2S. The lowest BCUT2D eigenvalue weighted by Crippen LogP contribution is -2.44. The molecule has 4 heterocycles. The van der Waals surface area contributed by atoms with Gasteiger partial charge < -0.3 is 21.1 Å². The Labute approximate surface area is 194 Å². The summed E-state index contributed by atoms with van der Waals surface area (Å²) in [5.41, 5.74) is 11.2. The van der Waals surface area contributed by atoms with Crippen LogP contribution in [0.1, 0.15) is 31.4 Å². The topological polar surface area (TPSA) is 119 Å². The Bertz CT molecular complexity index is 1310. The highest BCUT2D eigenvalue weighted by Gasteiger charge is 2.42. The third kappa shape index (κ3) is 3.31. The van der Waals surface area contributed by atoms with Crippen molar-refractivity contribution in [3.05, 3.63) is 53.2 Å². The number of hydrogen-bond donors (Lipinski definition) is 4. The van der Waals surface area contributed by atoms with Crippen molar-refractivity contribution in [3.8, 4) is 10.4 Å². The van der Waals surface area contributed by atoms with Crippen molar-refractivity contribution in [2.24, 2.45) is 27.7 Å². The standard InChI is InChI=1S/C24H24N6O2S/c25-22-21-20(17-11-15-3-1-4-16(19(15)28-17)18-5-2-10-33-18)29-23(30(21)27-12-26-22)13-6-8-14(9-7-13)24(31)32/h1-5,10-14,23,28-29H,6-9H2,(H,31,32)(H2,25,26,27). The SMILES string of the molecule is NC1=NC=NN2C1=C(c1cc3cccc(-c4cccs4)c3[nH]1)NC2C1CCC(C(=O)O)CC1. The third-order valence-electron chi connectivity index (χ3n) is 6.92. The van der Waals surface area contributed by atoms with Gasteiger partial charge in [-0.2, -0.15) is 5.10 Å². The minimum atomic E-state index is -0.695. The molecule has 9 heteroatoms. The molecule has 2 aromatic heterocycles. The number of aliphatic imine (C=N–C) groups is 1. The van der Waals surface area contributed by atoms with E-state index in [4.69, 9.17) is 5.73 Å². The Kier molecular flexibility index (Phi) is 4.72. The number of nitrogens with two attached hydrogens (primary N) is 1. The van der Waals surface area contributed by atoms with Crippen LogP contribution in [0.3, 0.4) is 0 Å². The number of aromatic amines is 1. The van der Waals surface area contributed by atoms with Gasteiger partial charge in [-0.1, -0.05) is 24.3 Å². The van der Waals surface area contributed by atoms with Crippen molar-refractivity contribution >= 4 is 46.1 Å². The number of hydrogen-bond acceptors (Lipinski definition) is 7. The molecule has 1 unspecified atom stereocenters. The molecule has 2 aliphatic heterocycles. The smallest absolute Gasteiger partial charge is 0.306 e. The Balaban J connectivity index is 1.37. The van der Waals surface area contributed by atoms with E-state index in [2.05, 4.69) is 62.2 Å². The van der Waals surface area contributed by atoms with Gasteiger partial charge in [-0.15, -0.1) is 11.3 Å². The summed E-state index contributed by atoms with van der Waals surface area (Å²) in [5.74, 6) is -0.261. The number of carboxylic acid groups (broad SMARTS) is 1. The number of aliphatic carboxylic acids is 1. The summed E-state index contributed by atoms with van der Waals surface area (Å²) in [4.78, 5) is 20.5. The van der Waals surface area contributed by atoms with Gasteiger partial charge >= 0.3 is 5.97 Å². The lowest BCUT2D eigenvalue weighted by molar-refractivity contribution is -0.143. The average molecular weight is 461 g/mol. The van der Waals surface area contributed by atoms with Gasteiger partial charge in [-0.05, 0) is 49.1 Å². The van der Waals surface area contributed by atoms with Gasteiger partial charge in [0, 0.05) is 15.8 Å². The van der Waals surface area contributed by atoms with Gasteiger partial charge in [0.1, 0.15) is 18.2 Å². The first kappa shape index (κ1) is 20.0. The van der Waals surface area contributed by atoms with Crippen molar-refractivity contribution in [2.75, 3.05) is 0 Å². The molecular weight excluding hydrogens is 436 g/mol. The summed E-state index contributed by atoms with van der Waals surface area (Å²) >= 11 is 1.72. The molecule has 1 aliphatic carbocycles. The number of fused-ring (bicyclic) bond motifs is 2. The number of rotatable bonds is 4. The fourth-order valence-corrected chi connectivity index (χ4v) is 6.00. The zero-order valence-corrected chi connectivity index (χ0v) is 18.7. The molecule has 33 heavy (non-hydrogen) atoms. The third-order valence-corrected chi connectivity index (χ3v) is 7.82. The van der Waals surface area contributed by atoms with Gasteiger partial charge in [0.05, 0.1) is 22.8 Å². The van der Waals surface area contributed by atoms with Crippen molar-refractivity contribution in [1.82, 2.24) is 15.3 Å². The largest absolute Gasteiger partial charge is 0.481 e. The second kappa shape index (κ2) is 7.77. The maximum Gasteiger partial charge on any atom is 0.306 e. The zero-order chi connectivity index (χ0) is 22.5. The van der Waals surface area contributed by atoms with E-state index < -0.39 is 5.97 Å². The number of aromatic nitrogens is 1. The maximum atomic E-state index is 11.4. The number of carbonyl (C=O) groups is 1. The molecule has 168 valence electrons. The molecule has 3 aliphatic rings. The minimum absolute atomic E-state index is 0.0850. The van der Waals surface area contributed by atoms with Crippen molar-refractivity contribution in [3.63, 3.8) is 0 Å². The van der Waals surface area contributed by atoms with Crippen LogP contribution >= 0.6 is 11.3 Å².